The third-order valence-corrected chi connectivity index (χ3v) is 3.02. The van der Waals surface area contributed by atoms with Crippen molar-refractivity contribution in [2.75, 3.05) is 6.61 Å². The summed E-state index contributed by atoms with van der Waals surface area (Å²) in [7, 11) is 0. The predicted octanol–water partition coefficient (Wildman–Crippen LogP) is 3.10. The van der Waals surface area contributed by atoms with Gasteiger partial charge in [-0.15, -0.1) is 0 Å². The highest BCUT2D eigenvalue weighted by Gasteiger charge is 2.09. The number of unbranched alkanes of at least 4 members (excludes halogenated alkanes) is 2. The van der Waals surface area contributed by atoms with Gasteiger partial charge < -0.3 is 10.5 Å². The van der Waals surface area contributed by atoms with Gasteiger partial charge in [-0.2, -0.15) is 5.10 Å². The van der Waals surface area contributed by atoms with E-state index in [1.54, 1.807) is 0 Å². The van der Waals surface area contributed by atoms with E-state index in [1.165, 1.54) is 12.8 Å². The second-order valence-electron chi connectivity index (χ2n) is 4.53. The number of nitrogens with zero attached hydrogens (tertiary/aromatic N) is 1. The van der Waals surface area contributed by atoms with Crippen molar-refractivity contribution in [3.05, 3.63) is 36.0 Å². The molecule has 0 fully saturated rings. The first-order chi connectivity index (χ1) is 9.35. The molecule has 4 heteroatoms. The molecule has 102 valence electrons. The van der Waals surface area contributed by atoms with Gasteiger partial charge in [-0.05, 0) is 24.6 Å². The lowest BCUT2D eigenvalue weighted by molar-refractivity contribution is 0.307. The van der Waals surface area contributed by atoms with E-state index in [-0.39, 0.29) is 0 Å². The summed E-state index contributed by atoms with van der Waals surface area (Å²) >= 11 is 0. The van der Waals surface area contributed by atoms with E-state index in [9.17, 15) is 0 Å². The fourth-order valence-corrected chi connectivity index (χ4v) is 1.94. The van der Waals surface area contributed by atoms with Crippen LogP contribution in [0.2, 0.25) is 0 Å². The third kappa shape index (κ3) is 3.58. The van der Waals surface area contributed by atoms with E-state index in [1.807, 2.05) is 30.3 Å². The van der Waals surface area contributed by atoms with Crippen LogP contribution in [0.15, 0.2) is 30.3 Å². The van der Waals surface area contributed by atoms with Crippen LogP contribution in [0.1, 0.15) is 31.9 Å². The number of hydrogen-bond donors (Lipinski definition) is 2. The van der Waals surface area contributed by atoms with Crippen molar-refractivity contribution in [3.63, 3.8) is 0 Å². The highest BCUT2D eigenvalue weighted by Crippen LogP contribution is 2.28. The summed E-state index contributed by atoms with van der Waals surface area (Å²) in [6, 6.07) is 9.94. The Hall–Kier alpha value is -1.81. The number of ether oxygens (including phenoxy) is 1. The van der Waals surface area contributed by atoms with Gasteiger partial charge in [0.25, 0.3) is 0 Å². The lowest BCUT2D eigenvalue weighted by Gasteiger charge is -2.09. The molecule has 0 spiro atoms. The number of nitrogens with one attached hydrogen (secondary N) is 1. The monoisotopic (exact) mass is 259 g/mol. The molecule has 4 nitrogen and oxygen atoms in total. The number of nitrogens with two attached hydrogens (primary N) is 1. The zero-order chi connectivity index (χ0) is 13.5. The molecule has 0 aliphatic heterocycles. The zero-order valence-corrected chi connectivity index (χ0v) is 11.4. The Morgan fingerprint density at radius 1 is 1.26 bits per heavy atom. The van der Waals surface area contributed by atoms with Gasteiger partial charge >= 0.3 is 0 Å². The van der Waals surface area contributed by atoms with Crippen molar-refractivity contribution in [2.45, 2.75) is 32.7 Å². The minimum Gasteiger partial charge on any atom is -0.493 e. The average molecular weight is 259 g/mol. The van der Waals surface area contributed by atoms with Crippen LogP contribution in [-0.4, -0.2) is 16.8 Å². The van der Waals surface area contributed by atoms with Crippen molar-refractivity contribution in [1.82, 2.24) is 10.2 Å². The molecule has 0 atom stereocenters. The summed E-state index contributed by atoms with van der Waals surface area (Å²) in [5, 5.41) is 7.20. The van der Waals surface area contributed by atoms with Crippen LogP contribution in [0.3, 0.4) is 0 Å². The first-order valence-corrected chi connectivity index (χ1v) is 6.81. The minimum absolute atomic E-state index is 0.465. The molecular formula is C15H21N3O. The molecule has 0 radical (unpaired) electrons. The van der Waals surface area contributed by atoms with Crippen molar-refractivity contribution in [1.29, 1.82) is 0 Å². The van der Waals surface area contributed by atoms with Crippen LogP contribution in [-0.2, 0) is 6.54 Å². The van der Waals surface area contributed by atoms with E-state index < -0.39 is 0 Å². The molecule has 0 aliphatic carbocycles. The minimum atomic E-state index is 0.465. The fourth-order valence-electron chi connectivity index (χ4n) is 1.94. The standard InChI is InChI=1S/C15H21N3O/c1-2-3-6-9-19-15-8-5-4-7-13(15)14-10-12(11-16)17-18-14/h4-5,7-8,10H,2-3,6,9,11,16H2,1H3,(H,17,18). The molecule has 0 aliphatic rings. The maximum Gasteiger partial charge on any atom is 0.128 e. The fraction of sp³-hybridized carbons (Fsp3) is 0.400. The highest BCUT2D eigenvalue weighted by molar-refractivity contribution is 5.67. The van der Waals surface area contributed by atoms with E-state index in [4.69, 9.17) is 10.5 Å². The number of aromatic nitrogens is 2. The normalized spacial score (nSPS) is 10.6. The van der Waals surface area contributed by atoms with E-state index in [0.717, 1.165) is 35.7 Å². The van der Waals surface area contributed by atoms with Crippen LogP contribution in [0, 0.1) is 0 Å². The lowest BCUT2D eigenvalue weighted by Crippen LogP contribution is -1.98. The van der Waals surface area contributed by atoms with Crippen LogP contribution >= 0.6 is 0 Å². The maximum absolute atomic E-state index is 5.85. The molecule has 0 unspecified atom stereocenters. The van der Waals surface area contributed by atoms with Crippen LogP contribution in [0.4, 0.5) is 0 Å². The van der Waals surface area contributed by atoms with Crippen molar-refractivity contribution < 1.29 is 4.74 Å². The van der Waals surface area contributed by atoms with Gasteiger partial charge in [0.2, 0.25) is 0 Å². The number of rotatable bonds is 7. The van der Waals surface area contributed by atoms with Gasteiger partial charge in [0, 0.05) is 17.8 Å². The molecule has 19 heavy (non-hydrogen) atoms. The van der Waals surface area contributed by atoms with Gasteiger partial charge in [-0.3, -0.25) is 5.10 Å². The van der Waals surface area contributed by atoms with E-state index in [0.29, 0.717) is 6.54 Å². The second kappa shape index (κ2) is 6.95. The Labute approximate surface area is 114 Å². The molecule has 0 amide bonds. The highest BCUT2D eigenvalue weighted by atomic mass is 16.5. The Morgan fingerprint density at radius 2 is 2.11 bits per heavy atom. The number of benzene rings is 1. The summed E-state index contributed by atoms with van der Waals surface area (Å²) in [5.41, 5.74) is 8.41. The van der Waals surface area contributed by atoms with Crippen molar-refractivity contribution >= 4 is 0 Å². The van der Waals surface area contributed by atoms with E-state index in [2.05, 4.69) is 17.1 Å². The molecule has 1 aromatic carbocycles. The second-order valence-corrected chi connectivity index (χ2v) is 4.53. The lowest BCUT2D eigenvalue weighted by atomic mass is 10.1. The molecule has 0 saturated carbocycles. The Kier molecular flexibility index (Phi) is 4.98. The molecule has 3 N–H and O–H groups in total. The summed E-state index contributed by atoms with van der Waals surface area (Å²) in [5.74, 6) is 0.883. The first-order valence-electron chi connectivity index (χ1n) is 6.81. The number of aromatic amines is 1. The quantitative estimate of drug-likeness (QED) is 0.751. The third-order valence-electron chi connectivity index (χ3n) is 3.02. The molecule has 2 aromatic rings. The van der Waals surface area contributed by atoms with Gasteiger partial charge in [-0.25, -0.2) is 0 Å². The largest absolute Gasteiger partial charge is 0.493 e. The number of hydrogen-bond acceptors (Lipinski definition) is 3. The topological polar surface area (TPSA) is 63.9 Å². The van der Waals surface area contributed by atoms with E-state index >= 15 is 0 Å². The Morgan fingerprint density at radius 3 is 2.84 bits per heavy atom. The summed E-state index contributed by atoms with van der Waals surface area (Å²) in [6.45, 7) is 3.40. The molecule has 1 heterocycles. The number of para-hydroxylation sites is 1. The first kappa shape index (κ1) is 13.6. The Balaban J connectivity index is 2.11. The summed E-state index contributed by atoms with van der Waals surface area (Å²) in [6.07, 6.45) is 3.48. The molecule has 2 rings (SSSR count). The average Bonchev–Trinajstić information content (AvgIpc) is 2.93. The van der Waals surface area contributed by atoms with Gasteiger partial charge in [0.15, 0.2) is 0 Å². The van der Waals surface area contributed by atoms with Gasteiger partial charge in [0.1, 0.15) is 5.75 Å². The summed E-state index contributed by atoms with van der Waals surface area (Å²) < 4.78 is 5.85. The number of H-pyrrole nitrogens is 1. The van der Waals surface area contributed by atoms with Gasteiger partial charge in [0.05, 0.1) is 12.3 Å². The molecule has 0 saturated heterocycles. The van der Waals surface area contributed by atoms with Crippen LogP contribution in [0.25, 0.3) is 11.3 Å². The summed E-state index contributed by atoms with van der Waals surface area (Å²) in [4.78, 5) is 0. The molecule has 0 bridgehead atoms. The maximum atomic E-state index is 5.85. The SMILES string of the molecule is CCCCCOc1ccccc1-c1cc(CN)[nH]n1. The van der Waals surface area contributed by atoms with Crippen molar-refractivity contribution in [3.8, 4) is 17.0 Å². The predicted molar refractivity (Wildman–Crippen MR) is 76.9 cm³/mol. The van der Waals surface area contributed by atoms with Crippen LogP contribution < -0.4 is 10.5 Å². The smallest absolute Gasteiger partial charge is 0.128 e. The molecular weight excluding hydrogens is 238 g/mol. The van der Waals surface area contributed by atoms with Crippen LogP contribution in [0.5, 0.6) is 5.75 Å². The zero-order valence-electron chi connectivity index (χ0n) is 11.4. The molecule has 1 aromatic heterocycles. The van der Waals surface area contributed by atoms with Gasteiger partial charge in [-0.1, -0.05) is 31.9 Å². The van der Waals surface area contributed by atoms with Crippen molar-refractivity contribution in [2.24, 2.45) is 5.73 Å². The Bertz CT molecular complexity index is 508.